The molecule has 3 rings (SSSR count). The number of carbonyl (C=O) groups is 1. The number of hydrogen-bond acceptors (Lipinski definition) is 2. The molecule has 1 saturated carbocycles. The summed E-state index contributed by atoms with van der Waals surface area (Å²) < 4.78 is 0. The van der Waals surface area contributed by atoms with Crippen LogP contribution in [0.4, 0.5) is 10.5 Å². The molecule has 1 aromatic carbocycles. The third kappa shape index (κ3) is 2.08. The molecule has 2 amide bonds. The first kappa shape index (κ1) is 11.5. The molecule has 4 heteroatoms. The van der Waals surface area contributed by atoms with Crippen LogP contribution in [0, 0.1) is 0 Å². The number of urea groups is 1. The Kier molecular flexibility index (Phi) is 2.55. The zero-order valence-electron chi connectivity index (χ0n) is 10.7. The molecule has 0 unspecified atom stereocenters. The van der Waals surface area contributed by atoms with Crippen LogP contribution in [-0.4, -0.2) is 36.6 Å². The second-order valence-electron chi connectivity index (χ2n) is 5.56. The number of nitrogens with two attached hydrogens (primary N) is 1. The van der Waals surface area contributed by atoms with Crippen molar-refractivity contribution in [2.75, 3.05) is 25.0 Å². The highest BCUT2D eigenvalue weighted by molar-refractivity contribution is 5.93. The van der Waals surface area contributed by atoms with Crippen molar-refractivity contribution >= 4 is 11.7 Å². The Morgan fingerprint density at radius 3 is 2.39 bits per heavy atom. The number of hydrogen-bond donors (Lipinski definition) is 1. The average molecular weight is 245 g/mol. The van der Waals surface area contributed by atoms with E-state index in [1.165, 1.54) is 5.56 Å². The number of nitrogens with zero attached hydrogens (tertiary/aromatic N) is 2. The molecular weight excluding hydrogens is 226 g/mol. The van der Waals surface area contributed by atoms with E-state index < -0.39 is 0 Å². The third-order valence-corrected chi connectivity index (χ3v) is 3.91. The van der Waals surface area contributed by atoms with Gasteiger partial charge in [-0.25, -0.2) is 4.79 Å². The summed E-state index contributed by atoms with van der Waals surface area (Å²) in [5, 5.41) is 0. The fourth-order valence-corrected chi connectivity index (χ4v) is 2.42. The van der Waals surface area contributed by atoms with E-state index in [1.807, 2.05) is 24.1 Å². The van der Waals surface area contributed by atoms with Gasteiger partial charge in [-0.15, -0.1) is 0 Å². The van der Waals surface area contributed by atoms with Gasteiger partial charge in [0, 0.05) is 31.4 Å². The minimum atomic E-state index is 0.0468. The molecule has 2 fully saturated rings. The van der Waals surface area contributed by atoms with Gasteiger partial charge in [0.15, 0.2) is 0 Å². The van der Waals surface area contributed by atoms with Gasteiger partial charge < -0.3 is 10.6 Å². The molecule has 0 spiro atoms. The minimum Gasteiger partial charge on any atom is -0.326 e. The Labute approximate surface area is 107 Å². The first-order valence-electron chi connectivity index (χ1n) is 6.48. The van der Waals surface area contributed by atoms with Crippen LogP contribution in [0.1, 0.15) is 18.4 Å². The first-order valence-corrected chi connectivity index (χ1v) is 6.48. The lowest BCUT2D eigenvalue weighted by Gasteiger charge is -2.17. The molecule has 1 aliphatic carbocycles. The Bertz CT molecular complexity index is 464. The van der Waals surface area contributed by atoms with Gasteiger partial charge in [0.25, 0.3) is 0 Å². The summed E-state index contributed by atoms with van der Waals surface area (Å²) in [5.41, 5.74) is 8.40. The zero-order valence-corrected chi connectivity index (χ0v) is 10.7. The fourth-order valence-electron chi connectivity index (χ4n) is 2.42. The molecule has 0 radical (unpaired) electrons. The molecule has 0 bridgehead atoms. The van der Waals surface area contributed by atoms with Gasteiger partial charge in [0.05, 0.1) is 0 Å². The quantitative estimate of drug-likeness (QED) is 0.879. The van der Waals surface area contributed by atoms with Gasteiger partial charge in [-0.05, 0) is 37.0 Å². The Morgan fingerprint density at radius 1 is 1.22 bits per heavy atom. The van der Waals surface area contributed by atoms with Crippen LogP contribution in [0.3, 0.4) is 0 Å². The van der Waals surface area contributed by atoms with Crippen molar-refractivity contribution in [1.29, 1.82) is 0 Å². The number of amides is 2. The van der Waals surface area contributed by atoms with Crippen LogP contribution >= 0.6 is 0 Å². The summed E-state index contributed by atoms with van der Waals surface area (Å²) in [5.74, 6) is 0. The van der Waals surface area contributed by atoms with Crippen molar-refractivity contribution in [3.63, 3.8) is 0 Å². The lowest BCUT2D eigenvalue weighted by Crippen LogP contribution is -2.29. The van der Waals surface area contributed by atoms with Crippen molar-refractivity contribution in [3.05, 3.63) is 29.8 Å². The summed E-state index contributed by atoms with van der Waals surface area (Å²) >= 11 is 0. The van der Waals surface area contributed by atoms with Gasteiger partial charge in [-0.3, -0.25) is 4.90 Å². The number of carbonyl (C=O) groups excluding carboxylic acids is 1. The van der Waals surface area contributed by atoms with E-state index in [0.29, 0.717) is 0 Å². The van der Waals surface area contributed by atoms with E-state index in [0.717, 1.165) is 38.0 Å². The summed E-state index contributed by atoms with van der Waals surface area (Å²) in [6.45, 7) is 1.57. The van der Waals surface area contributed by atoms with Gasteiger partial charge in [-0.2, -0.15) is 0 Å². The normalized spacial score (nSPS) is 21.6. The second-order valence-corrected chi connectivity index (χ2v) is 5.56. The van der Waals surface area contributed by atoms with Crippen LogP contribution in [0.15, 0.2) is 24.3 Å². The Morgan fingerprint density at radius 2 is 1.89 bits per heavy atom. The van der Waals surface area contributed by atoms with Crippen molar-refractivity contribution in [2.24, 2.45) is 5.73 Å². The van der Waals surface area contributed by atoms with Crippen molar-refractivity contribution in [1.82, 2.24) is 4.90 Å². The van der Waals surface area contributed by atoms with E-state index in [9.17, 15) is 4.79 Å². The highest BCUT2D eigenvalue weighted by Crippen LogP contribution is 2.35. The van der Waals surface area contributed by atoms with E-state index in [4.69, 9.17) is 5.73 Å². The molecule has 1 aliphatic heterocycles. The molecule has 1 heterocycles. The first-order chi connectivity index (χ1) is 8.57. The molecule has 2 N–H and O–H groups in total. The van der Waals surface area contributed by atoms with Gasteiger partial charge >= 0.3 is 6.03 Å². The monoisotopic (exact) mass is 245 g/mol. The van der Waals surface area contributed by atoms with Gasteiger partial charge in [0.1, 0.15) is 0 Å². The number of rotatable bonds is 3. The molecule has 1 aromatic rings. The fraction of sp³-hybridized carbons (Fsp3) is 0.500. The zero-order chi connectivity index (χ0) is 12.8. The van der Waals surface area contributed by atoms with Crippen molar-refractivity contribution in [2.45, 2.75) is 24.8 Å². The van der Waals surface area contributed by atoms with Crippen LogP contribution < -0.4 is 10.6 Å². The van der Waals surface area contributed by atoms with E-state index >= 15 is 0 Å². The number of likely N-dealkylation sites (N-methyl/N-ethyl adjacent to an activating group) is 1. The van der Waals surface area contributed by atoms with Gasteiger partial charge in [0.2, 0.25) is 0 Å². The largest absolute Gasteiger partial charge is 0.326 e. The number of anilines is 1. The summed E-state index contributed by atoms with van der Waals surface area (Å²) in [6.07, 6.45) is 3.20. The number of benzene rings is 1. The van der Waals surface area contributed by atoms with Crippen LogP contribution in [-0.2, 0) is 6.42 Å². The lowest BCUT2D eigenvalue weighted by atomic mass is 10.0. The molecular formula is C14H19N3O. The van der Waals surface area contributed by atoms with Crippen LogP contribution in [0.5, 0.6) is 0 Å². The predicted molar refractivity (Wildman–Crippen MR) is 71.7 cm³/mol. The topological polar surface area (TPSA) is 49.6 Å². The third-order valence-electron chi connectivity index (χ3n) is 3.91. The van der Waals surface area contributed by atoms with E-state index in [2.05, 4.69) is 12.1 Å². The Hall–Kier alpha value is -1.55. The summed E-state index contributed by atoms with van der Waals surface area (Å²) in [4.78, 5) is 15.4. The molecule has 0 aromatic heterocycles. The highest BCUT2D eigenvalue weighted by Gasteiger charge is 2.37. The molecule has 2 aliphatic rings. The SMILES string of the molecule is CN1CCN(c2ccc(CC3(N)CC3)cc2)C1=O. The summed E-state index contributed by atoms with van der Waals surface area (Å²) in [6, 6.07) is 8.32. The standard InChI is InChI=1S/C14H19N3O/c1-16-8-9-17(13(16)18)12-4-2-11(3-5-12)10-14(15)6-7-14/h2-5H,6-10,15H2,1H3. The highest BCUT2D eigenvalue weighted by atomic mass is 16.2. The molecule has 1 saturated heterocycles. The second kappa shape index (κ2) is 3.99. The van der Waals surface area contributed by atoms with Crippen LogP contribution in [0.2, 0.25) is 0 Å². The summed E-state index contributed by atoms with van der Waals surface area (Å²) in [7, 11) is 1.84. The average Bonchev–Trinajstić information content (AvgIpc) is 2.99. The van der Waals surface area contributed by atoms with E-state index in [1.54, 1.807) is 4.90 Å². The molecule has 18 heavy (non-hydrogen) atoms. The molecule has 4 nitrogen and oxygen atoms in total. The maximum Gasteiger partial charge on any atom is 0.324 e. The van der Waals surface area contributed by atoms with Crippen molar-refractivity contribution in [3.8, 4) is 0 Å². The Balaban J connectivity index is 1.73. The van der Waals surface area contributed by atoms with Crippen molar-refractivity contribution < 1.29 is 4.79 Å². The minimum absolute atomic E-state index is 0.0468. The van der Waals surface area contributed by atoms with Gasteiger partial charge in [-0.1, -0.05) is 12.1 Å². The lowest BCUT2D eigenvalue weighted by molar-refractivity contribution is 0.229. The molecule has 96 valence electrons. The van der Waals surface area contributed by atoms with E-state index in [-0.39, 0.29) is 11.6 Å². The smallest absolute Gasteiger partial charge is 0.324 e. The maximum atomic E-state index is 11.9. The predicted octanol–water partition coefficient (Wildman–Crippen LogP) is 1.59. The van der Waals surface area contributed by atoms with Crippen LogP contribution in [0.25, 0.3) is 0 Å². The maximum absolute atomic E-state index is 11.9. The molecule has 0 atom stereocenters.